The number of rotatable bonds is 3. The molecule has 1 fully saturated rings. The standard InChI is InChI=1S/C16H25N3O/c1-5-13-8-6-11(2)19(13)15-10-12(7-9-14(15)17)16(20)18(3)4/h7,9-11,13H,5-6,8,17H2,1-4H3. The second-order valence-corrected chi connectivity index (χ2v) is 5.87. The topological polar surface area (TPSA) is 49.6 Å². The van der Waals surface area contributed by atoms with Crippen LogP contribution in [0.25, 0.3) is 0 Å². The van der Waals surface area contributed by atoms with E-state index in [1.807, 2.05) is 18.2 Å². The van der Waals surface area contributed by atoms with Crippen LogP contribution in [0.5, 0.6) is 0 Å². The van der Waals surface area contributed by atoms with Crippen LogP contribution in [0.15, 0.2) is 18.2 Å². The van der Waals surface area contributed by atoms with Crippen molar-refractivity contribution >= 4 is 17.3 Å². The lowest BCUT2D eigenvalue weighted by molar-refractivity contribution is 0.0827. The zero-order valence-corrected chi connectivity index (χ0v) is 12.9. The molecule has 1 amide bonds. The molecule has 0 aromatic heterocycles. The van der Waals surface area contributed by atoms with Crippen molar-refractivity contribution < 1.29 is 4.79 Å². The molecule has 0 saturated carbocycles. The molecule has 2 rings (SSSR count). The molecule has 1 aliphatic rings. The summed E-state index contributed by atoms with van der Waals surface area (Å²) in [6.45, 7) is 4.44. The maximum atomic E-state index is 12.1. The van der Waals surface area contributed by atoms with Gasteiger partial charge >= 0.3 is 0 Å². The van der Waals surface area contributed by atoms with Crippen LogP contribution in [0.1, 0.15) is 43.5 Å². The summed E-state index contributed by atoms with van der Waals surface area (Å²) in [7, 11) is 3.54. The molecule has 1 aromatic rings. The minimum absolute atomic E-state index is 0.0196. The quantitative estimate of drug-likeness (QED) is 0.863. The van der Waals surface area contributed by atoms with Crippen molar-refractivity contribution in [2.75, 3.05) is 24.7 Å². The summed E-state index contributed by atoms with van der Waals surface area (Å²) in [6, 6.07) is 6.61. The van der Waals surface area contributed by atoms with Crippen molar-refractivity contribution in [2.45, 2.75) is 45.2 Å². The summed E-state index contributed by atoms with van der Waals surface area (Å²) in [5.41, 5.74) is 8.63. The van der Waals surface area contributed by atoms with E-state index in [-0.39, 0.29) is 5.91 Å². The number of nitrogen functional groups attached to an aromatic ring is 1. The lowest BCUT2D eigenvalue weighted by Crippen LogP contribution is -2.35. The van der Waals surface area contributed by atoms with Crippen LogP contribution in [0.3, 0.4) is 0 Å². The van der Waals surface area contributed by atoms with Gasteiger partial charge in [0.2, 0.25) is 0 Å². The molecule has 1 aromatic carbocycles. The smallest absolute Gasteiger partial charge is 0.253 e. The Labute approximate surface area is 121 Å². The van der Waals surface area contributed by atoms with Crippen molar-refractivity contribution in [2.24, 2.45) is 0 Å². The Kier molecular flexibility index (Phi) is 4.21. The largest absolute Gasteiger partial charge is 0.397 e. The van der Waals surface area contributed by atoms with E-state index in [1.165, 1.54) is 12.8 Å². The van der Waals surface area contributed by atoms with Crippen molar-refractivity contribution in [1.82, 2.24) is 4.90 Å². The van der Waals surface area contributed by atoms with Crippen LogP contribution in [0.2, 0.25) is 0 Å². The van der Waals surface area contributed by atoms with Crippen molar-refractivity contribution in [3.05, 3.63) is 23.8 Å². The molecule has 2 unspecified atom stereocenters. The summed E-state index contributed by atoms with van der Waals surface area (Å²) in [5, 5.41) is 0. The molecular weight excluding hydrogens is 250 g/mol. The highest BCUT2D eigenvalue weighted by Crippen LogP contribution is 2.36. The van der Waals surface area contributed by atoms with Gasteiger partial charge in [0.05, 0.1) is 11.4 Å². The van der Waals surface area contributed by atoms with Gasteiger partial charge in [-0.25, -0.2) is 0 Å². The van der Waals surface area contributed by atoms with E-state index in [9.17, 15) is 4.79 Å². The van der Waals surface area contributed by atoms with E-state index in [0.717, 1.165) is 17.8 Å². The van der Waals surface area contributed by atoms with Gasteiger partial charge in [0.15, 0.2) is 0 Å². The molecule has 1 heterocycles. The average molecular weight is 275 g/mol. The average Bonchev–Trinajstić information content (AvgIpc) is 2.79. The van der Waals surface area contributed by atoms with E-state index in [0.29, 0.717) is 17.6 Å². The summed E-state index contributed by atoms with van der Waals surface area (Å²) in [5.74, 6) is 0.0196. The van der Waals surface area contributed by atoms with Gasteiger partial charge in [-0.3, -0.25) is 4.79 Å². The maximum absolute atomic E-state index is 12.1. The molecule has 20 heavy (non-hydrogen) atoms. The fraction of sp³-hybridized carbons (Fsp3) is 0.562. The molecular formula is C16H25N3O. The van der Waals surface area contributed by atoms with Crippen LogP contribution in [0, 0.1) is 0 Å². The van der Waals surface area contributed by atoms with Crippen molar-refractivity contribution in [3.63, 3.8) is 0 Å². The molecule has 110 valence electrons. The summed E-state index contributed by atoms with van der Waals surface area (Å²) >= 11 is 0. The number of nitrogens with two attached hydrogens (primary N) is 1. The second-order valence-electron chi connectivity index (χ2n) is 5.87. The summed E-state index contributed by atoms with van der Waals surface area (Å²) in [4.78, 5) is 16.1. The lowest BCUT2D eigenvalue weighted by Gasteiger charge is -2.31. The van der Waals surface area contributed by atoms with Gasteiger partial charge in [-0.1, -0.05) is 6.92 Å². The predicted molar refractivity (Wildman–Crippen MR) is 84.1 cm³/mol. The first kappa shape index (κ1) is 14.7. The van der Waals surface area contributed by atoms with E-state index < -0.39 is 0 Å². The second kappa shape index (κ2) is 5.73. The summed E-state index contributed by atoms with van der Waals surface area (Å²) in [6.07, 6.45) is 3.49. The third-order valence-electron chi connectivity index (χ3n) is 4.22. The number of benzene rings is 1. The van der Waals surface area contributed by atoms with E-state index in [2.05, 4.69) is 18.7 Å². The molecule has 0 radical (unpaired) electrons. The first-order valence-electron chi connectivity index (χ1n) is 7.35. The molecule has 1 aliphatic heterocycles. The molecule has 0 aliphatic carbocycles. The number of hydrogen-bond acceptors (Lipinski definition) is 3. The molecule has 2 N–H and O–H groups in total. The number of carbonyl (C=O) groups is 1. The van der Waals surface area contributed by atoms with Gasteiger partial charge in [0.25, 0.3) is 5.91 Å². The molecule has 0 spiro atoms. The monoisotopic (exact) mass is 275 g/mol. The molecule has 2 atom stereocenters. The highest BCUT2D eigenvalue weighted by Gasteiger charge is 2.30. The van der Waals surface area contributed by atoms with Gasteiger partial charge in [0, 0.05) is 31.7 Å². The van der Waals surface area contributed by atoms with Crippen molar-refractivity contribution in [3.8, 4) is 0 Å². The Balaban J connectivity index is 2.40. The molecule has 0 bridgehead atoms. The lowest BCUT2D eigenvalue weighted by atomic mass is 10.1. The van der Waals surface area contributed by atoms with Crippen molar-refractivity contribution in [1.29, 1.82) is 0 Å². The zero-order valence-electron chi connectivity index (χ0n) is 12.9. The Bertz CT molecular complexity index is 498. The molecule has 4 nitrogen and oxygen atoms in total. The van der Waals surface area contributed by atoms with Crippen LogP contribution in [0.4, 0.5) is 11.4 Å². The third-order valence-corrected chi connectivity index (χ3v) is 4.22. The molecule has 4 heteroatoms. The van der Waals surface area contributed by atoms with Crippen LogP contribution >= 0.6 is 0 Å². The minimum atomic E-state index is 0.0196. The number of hydrogen-bond donors (Lipinski definition) is 1. The fourth-order valence-electron chi connectivity index (χ4n) is 3.07. The van der Waals surface area contributed by atoms with Gasteiger partial charge < -0.3 is 15.5 Å². The summed E-state index contributed by atoms with van der Waals surface area (Å²) < 4.78 is 0. The third kappa shape index (κ3) is 2.60. The van der Waals surface area contributed by atoms with Gasteiger partial charge in [0.1, 0.15) is 0 Å². The van der Waals surface area contributed by atoms with E-state index in [1.54, 1.807) is 19.0 Å². The zero-order chi connectivity index (χ0) is 14.9. The van der Waals surface area contributed by atoms with Crippen LogP contribution < -0.4 is 10.6 Å². The first-order valence-corrected chi connectivity index (χ1v) is 7.35. The predicted octanol–water partition coefficient (Wildman–Crippen LogP) is 2.74. The van der Waals surface area contributed by atoms with Crippen LogP contribution in [-0.4, -0.2) is 37.0 Å². The van der Waals surface area contributed by atoms with Gasteiger partial charge in [-0.05, 0) is 44.4 Å². The first-order chi connectivity index (χ1) is 9.45. The van der Waals surface area contributed by atoms with Gasteiger partial charge in [-0.15, -0.1) is 0 Å². The number of amides is 1. The van der Waals surface area contributed by atoms with E-state index >= 15 is 0 Å². The maximum Gasteiger partial charge on any atom is 0.253 e. The highest BCUT2D eigenvalue weighted by molar-refractivity contribution is 5.96. The Morgan fingerprint density at radius 1 is 1.40 bits per heavy atom. The fourth-order valence-corrected chi connectivity index (χ4v) is 3.07. The molecule has 1 saturated heterocycles. The number of carbonyl (C=O) groups excluding carboxylic acids is 1. The van der Waals surface area contributed by atoms with Crippen LogP contribution in [-0.2, 0) is 0 Å². The Morgan fingerprint density at radius 2 is 2.10 bits per heavy atom. The number of nitrogens with zero attached hydrogens (tertiary/aromatic N) is 2. The SMILES string of the molecule is CCC1CCC(C)N1c1cc(C(=O)N(C)C)ccc1N. The Hall–Kier alpha value is -1.71. The van der Waals surface area contributed by atoms with E-state index in [4.69, 9.17) is 5.73 Å². The number of anilines is 2. The normalized spacial score (nSPS) is 22.1. The highest BCUT2D eigenvalue weighted by atomic mass is 16.2. The Morgan fingerprint density at radius 3 is 2.70 bits per heavy atom. The van der Waals surface area contributed by atoms with Gasteiger partial charge in [-0.2, -0.15) is 0 Å². The minimum Gasteiger partial charge on any atom is -0.397 e.